The molecular formula is C10H14ClN3OS. The third-order valence-electron chi connectivity index (χ3n) is 2.89. The Kier molecular flexibility index (Phi) is 3.78. The molecule has 1 aliphatic heterocycles. The normalized spacial score (nSPS) is 20.2. The van der Waals surface area contributed by atoms with Gasteiger partial charge in [0, 0.05) is 11.3 Å². The van der Waals surface area contributed by atoms with Gasteiger partial charge in [0.25, 0.3) is 0 Å². The van der Waals surface area contributed by atoms with Gasteiger partial charge in [0.05, 0.1) is 5.01 Å². The minimum absolute atomic E-state index is 0.0652. The van der Waals surface area contributed by atoms with Gasteiger partial charge in [-0.05, 0) is 33.0 Å². The van der Waals surface area contributed by atoms with Crippen LogP contribution in [0.3, 0.4) is 0 Å². The van der Waals surface area contributed by atoms with E-state index in [9.17, 15) is 0 Å². The van der Waals surface area contributed by atoms with Gasteiger partial charge in [0.15, 0.2) is 5.17 Å². The molecule has 1 saturated heterocycles. The van der Waals surface area contributed by atoms with E-state index in [0.29, 0.717) is 11.6 Å². The van der Waals surface area contributed by atoms with E-state index >= 15 is 0 Å². The summed E-state index contributed by atoms with van der Waals surface area (Å²) in [4.78, 5) is 6.73. The maximum absolute atomic E-state index is 8.56. The molecule has 0 bridgehead atoms. The Hall–Kier alpha value is -0.650. The predicted octanol–water partition coefficient (Wildman–Crippen LogP) is 2.33. The van der Waals surface area contributed by atoms with E-state index in [1.165, 1.54) is 0 Å². The van der Waals surface area contributed by atoms with Crippen LogP contribution in [0.2, 0.25) is 0 Å². The lowest BCUT2D eigenvalue weighted by Gasteiger charge is -2.27. The molecule has 88 valence electrons. The Morgan fingerprint density at radius 3 is 2.94 bits per heavy atom. The average molecular weight is 260 g/mol. The van der Waals surface area contributed by atoms with Crippen LogP contribution in [0.25, 0.3) is 0 Å². The molecule has 1 aliphatic rings. The van der Waals surface area contributed by atoms with Crippen molar-refractivity contribution in [2.75, 3.05) is 20.1 Å². The van der Waals surface area contributed by atoms with E-state index < -0.39 is 0 Å². The molecular weight excluding hydrogens is 246 g/mol. The summed E-state index contributed by atoms with van der Waals surface area (Å²) >= 11 is 7.30. The molecule has 4 nitrogen and oxygen atoms in total. The molecule has 2 heterocycles. The van der Waals surface area contributed by atoms with Gasteiger partial charge >= 0.3 is 0 Å². The number of thiazole rings is 1. The number of hydrogen-bond donors (Lipinski definition) is 1. The van der Waals surface area contributed by atoms with Gasteiger partial charge in [-0.3, -0.25) is 0 Å². The molecule has 1 N–H and O–H groups in total. The number of rotatable bonds is 2. The van der Waals surface area contributed by atoms with E-state index in [0.717, 1.165) is 30.9 Å². The van der Waals surface area contributed by atoms with E-state index in [1.54, 1.807) is 11.3 Å². The summed E-state index contributed by atoms with van der Waals surface area (Å²) in [6.45, 7) is 2.23. The fourth-order valence-electron chi connectivity index (χ4n) is 1.88. The van der Waals surface area contributed by atoms with Crippen molar-refractivity contribution in [2.24, 2.45) is 5.16 Å². The molecule has 6 heteroatoms. The van der Waals surface area contributed by atoms with Crippen molar-refractivity contribution in [1.29, 1.82) is 0 Å². The standard InChI is InChI=1S/C10H14ClN3OS/c1-14-4-2-7(3-5-14)10-12-8(6-16-10)9(11)13-15/h6-7,15H,2-5H2,1H3. The Bertz CT molecular complexity index is 385. The van der Waals surface area contributed by atoms with E-state index in [2.05, 4.69) is 22.1 Å². The lowest BCUT2D eigenvalue weighted by atomic mass is 9.98. The van der Waals surface area contributed by atoms with Crippen molar-refractivity contribution in [3.05, 3.63) is 16.1 Å². The molecule has 0 aromatic carbocycles. The second-order valence-electron chi connectivity index (χ2n) is 4.04. The predicted molar refractivity (Wildman–Crippen MR) is 65.8 cm³/mol. The van der Waals surface area contributed by atoms with Crippen LogP contribution in [0.1, 0.15) is 29.5 Å². The fourth-order valence-corrected chi connectivity index (χ4v) is 3.01. The lowest BCUT2D eigenvalue weighted by molar-refractivity contribution is 0.255. The quantitative estimate of drug-likeness (QED) is 0.504. The molecule has 1 aromatic rings. The minimum atomic E-state index is 0.0652. The van der Waals surface area contributed by atoms with Crippen molar-refractivity contribution in [3.63, 3.8) is 0 Å². The fraction of sp³-hybridized carbons (Fsp3) is 0.600. The van der Waals surface area contributed by atoms with E-state index in [-0.39, 0.29) is 5.17 Å². The van der Waals surface area contributed by atoms with Gasteiger partial charge in [-0.1, -0.05) is 16.8 Å². The summed E-state index contributed by atoms with van der Waals surface area (Å²) in [5.74, 6) is 0.526. The molecule has 16 heavy (non-hydrogen) atoms. The summed E-state index contributed by atoms with van der Waals surface area (Å²) in [6, 6.07) is 0. The molecule has 2 rings (SSSR count). The Balaban J connectivity index is 2.07. The van der Waals surface area contributed by atoms with Crippen LogP contribution in [0.5, 0.6) is 0 Å². The van der Waals surface area contributed by atoms with Crippen molar-refractivity contribution in [2.45, 2.75) is 18.8 Å². The molecule has 0 saturated carbocycles. The summed E-state index contributed by atoms with van der Waals surface area (Å²) in [5, 5.41) is 14.5. The third-order valence-corrected chi connectivity index (χ3v) is 4.17. The van der Waals surface area contributed by atoms with Crippen LogP contribution in [-0.4, -0.2) is 40.4 Å². The molecule has 0 unspecified atom stereocenters. The van der Waals surface area contributed by atoms with Crippen LogP contribution in [0.15, 0.2) is 10.5 Å². The van der Waals surface area contributed by atoms with Gasteiger partial charge in [0.1, 0.15) is 5.69 Å². The number of oxime groups is 1. The molecule has 1 aromatic heterocycles. The number of aromatic nitrogens is 1. The van der Waals surface area contributed by atoms with Gasteiger partial charge in [-0.15, -0.1) is 11.3 Å². The maximum atomic E-state index is 8.56. The first-order chi connectivity index (χ1) is 7.70. The number of piperidine rings is 1. The zero-order chi connectivity index (χ0) is 11.5. The topological polar surface area (TPSA) is 48.7 Å². The molecule has 0 atom stereocenters. The van der Waals surface area contributed by atoms with Gasteiger partial charge in [-0.2, -0.15) is 0 Å². The summed E-state index contributed by atoms with van der Waals surface area (Å²) < 4.78 is 0. The molecule has 0 amide bonds. The van der Waals surface area contributed by atoms with Crippen LogP contribution in [0, 0.1) is 0 Å². The number of nitrogens with zero attached hydrogens (tertiary/aromatic N) is 3. The zero-order valence-electron chi connectivity index (χ0n) is 9.06. The van der Waals surface area contributed by atoms with E-state index in [4.69, 9.17) is 16.8 Å². The van der Waals surface area contributed by atoms with Crippen LogP contribution < -0.4 is 0 Å². The SMILES string of the molecule is CN1CCC(c2nc(C(Cl)=NO)cs2)CC1. The minimum Gasteiger partial charge on any atom is -0.410 e. The maximum Gasteiger partial charge on any atom is 0.194 e. The lowest BCUT2D eigenvalue weighted by Crippen LogP contribution is -2.29. The monoisotopic (exact) mass is 259 g/mol. The largest absolute Gasteiger partial charge is 0.410 e. The number of hydrogen-bond acceptors (Lipinski definition) is 5. The molecule has 0 aliphatic carbocycles. The summed E-state index contributed by atoms with van der Waals surface area (Å²) in [7, 11) is 2.14. The third kappa shape index (κ3) is 2.53. The van der Waals surface area contributed by atoms with E-state index in [1.807, 2.05) is 5.38 Å². The van der Waals surface area contributed by atoms with Gasteiger partial charge < -0.3 is 10.1 Å². The highest BCUT2D eigenvalue weighted by Gasteiger charge is 2.21. The Morgan fingerprint density at radius 1 is 1.62 bits per heavy atom. The highest BCUT2D eigenvalue weighted by Crippen LogP contribution is 2.30. The number of halogens is 1. The first-order valence-electron chi connectivity index (χ1n) is 5.22. The van der Waals surface area contributed by atoms with Crippen LogP contribution in [0.4, 0.5) is 0 Å². The Labute approximate surface area is 104 Å². The summed E-state index contributed by atoms with van der Waals surface area (Å²) in [6.07, 6.45) is 2.27. The Morgan fingerprint density at radius 2 is 2.31 bits per heavy atom. The second kappa shape index (κ2) is 5.12. The van der Waals surface area contributed by atoms with Crippen molar-refractivity contribution in [3.8, 4) is 0 Å². The number of likely N-dealkylation sites (tertiary alicyclic amines) is 1. The van der Waals surface area contributed by atoms with Gasteiger partial charge in [-0.25, -0.2) is 4.98 Å². The molecule has 0 radical (unpaired) electrons. The molecule has 0 spiro atoms. The first kappa shape index (κ1) is 11.8. The summed E-state index contributed by atoms with van der Waals surface area (Å²) in [5.41, 5.74) is 0.572. The van der Waals surface area contributed by atoms with Crippen molar-refractivity contribution < 1.29 is 5.21 Å². The average Bonchev–Trinajstić information content (AvgIpc) is 2.78. The smallest absolute Gasteiger partial charge is 0.194 e. The van der Waals surface area contributed by atoms with Crippen LogP contribution >= 0.6 is 22.9 Å². The molecule has 1 fully saturated rings. The zero-order valence-corrected chi connectivity index (χ0v) is 10.6. The highest BCUT2D eigenvalue weighted by atomic mass is 35.5. The van der Waals surface area contributed by atoms with Crippen LogP contribution in [-0.2, 0) is 0 Å². The second-order valence-corrected chi connectivity index (χ2v) is 5.29. The van der Waals surface area contributed by atoms with Crippen molar-refractivity contribution in [1.82, 2.24) is 9.88 Å². The van der Waals surface area contributed by atoms with Gasteiger partial charge in [0.2, 0.25) is 0 Å². The van der Waals surface area contributed by atoms with Crippen molar-refractivity contribution >= 4 is 28.1 Å². The first-order valence-corrected chi connectivity index (χ1v) is 6.48. The highest BCUT2D eigenvalue weighted by molar-refractivity contribution is 7.10.